The number of hydrogen-bond acceptors (Lipinski definition) is 6. The number of nitrogens with one attached hydrogen (secondary N) is 2. The lowest BCUT2D eigenvalue weighted by molar-refractivity contribution is -0.146. The van der Waals surface area contributed by atoms with Crippen LogP contribution < -0.4 is 5.32 Å². The molecular formula is C31H37N5O4. The summed E-state index contributed by atoms with van der Waals surface area (Å²) in [6, 6.07) is 7.95. The number of para-hydroxylation sites is 1. The molecule has 3 aromatic rings. The molecule has 1 aliphatic heterocycles. The standard InChI is InChI=1S/C31H37N5O4/c1-19-11-12-21-22(17-32-28(21)25(19)31(39)40-16-15-35(4)5)26-27(30(38)33-29(26)37)23-18-36(14-8-13-34(2)3)24-10-7-6-9-20(23)24/h6-7,9-12,17-19,25,32H,8,13-16H2,1-5H3,(H,33,37,38). The maximum absolute atomic E-state index is 13.3. The third-order valence-electron chi connectivity index (χ3n) is 7.66. The summed E-state index contributed by atoms with van der Waals surface area (Å²) in [6.07, 6.45) is 8.55. The van der Waals surface area contributed by atoms with E-state index in [4.69, 9.17) is 4.74 Å². The van der Waals surface area contributed by atoms with Crippen molar-refractivity contribution in [3.05, 3.63) is 65.1 Å². The van der Waals surface area contributed by atoms with Crippen LogP contribution in [0.1, 0.15) is 41.6 Å². The van der Waals surface area contributed by atoms with Crippen LogP contribution in [0, 0.1) is 5.92 Å². The predicted molar refractivity (Wildman–Crippen MR) is 156 cm³/mol. The van der Waals surface area contributed by atoms with Crippen LogP contribution in [0.5, 0.6) is 0 Å². The van der Waals surface area contributed by atoms with E-state index in [1.165, 1.54) is 0 Å². The number of esters is 1. The number of carbonyl (C=O) groups is 3. The topological polar surface area (TPSA) is 99.7 Å². The van der Waals surface area contributed by atoms with Gasteiger partial charge in [0.05, 0.1) is 11.1 Å². The summed E-state index contributed by atoms with van der Waals surface area (Å²) >= 11 is 0. The highest BCUT2D eigenvalue weighted by Gasteiger charge is 2.39. The molecule has 40 heavy (non-hydrogen) atoms. The first-order valence-corrected chi connectivity index (χ1v) is 13.7. The van der Waals surface area contributed by atoms with E-state index in [0.29, 0.717) is 35.6 Å². The van der Waals surface area contributed by atoms with Gasteiger partial charge in [0.25, 0.3) is 11.8 Å². The maximum atomic E-state index is 13.3. The van der Waals surface area contributed by atoms with Gasteiger partial charge in [0.2, 0.25) is 0 Å². The second-order valence-corrected chi connectivity index (χ2v) is 11.1. The first-order chi connectivity index (χ1) is 19.2. The first kappa shape index (κ1) is 27.6. The number of H-pyrrole nitrogens is 1. The molecule has 2 N–H and O–H groups in total. The molecule has 0 spiro atoms. The van der Waals surface area contributed by atoms with Gasteiger partial charge in [0, 0.05) is 58.8 Å². The molecule has 0 bridgehead atoms. The van der Waals surface area contributed by atoms with Crippen molar-refractivity contribution in [3.8, 4) is 0 Å². The number of nitrogens with zero attached hydrogens (tertiary/aromatic N) is 3. The van der Waals surface area contributed by atoms with Crippen molar-refractivity contribution >= 4 is 45.9 Å². The number of carbonyl (C=O) groups excluding carboxylic acids is 3. The normalized spacial score (nSPS) is 18.8. The molecule has 2 atom stereocenters. The van der Waals surface area contributed by atoms with Gasteiger partial charge < -0.3 is 24.1 Å². The van der Waals surface area contributed by atoms with E-state index in [2.05, 4.69) is 19.8 Å². The minimum Gasteiger partial charge on any atom is -0.464 e. The average molecular weight is 544 g/mol. The van der Waals surface area contributed by atoms with E-state index >= 15 is 0 Å². The minimum absolute atomic E-state index is 0.0847. The molecule has 9 nitrogen and oxygen atoms in total. The van der Waals surface area contributed by atoms with Crippen molar-refractivity contribution in [1.82, 2.24) is 24.7 Å². The fourth-order valence-electron chi connectivity index (χ4n) is 5.62. The number of aryl methyl sites for hydroxylation is 1. The Bertz CT molecular complexity index is 1520. The van der Waals surface area contributed by atoms with E-state index in [-0.39, 0.29) is 11.9 Å². The van der Waals surface area contributed by atoms with E-state index < -0.39 is 17.7 Å². The monoisotopic (exact) mass is 543 g/mol. The van der Waals surface area contributed by atoms with Gasteiger partial charge in [-0.3, -0.25) is 19.7 Å². The summed E-state index contributed by atoms with van der Waals surface area (Å²) in [6.45, 7) is 4.63. The Labute approximate surface area is 234 Å². The molecule has 3 heterocycles. The number of likely N-dealkylation sites (N-methyl/N-ethyl adjacent to an activating group) is 1. The van der Waals surface area contributed by atoms with Crippen LogP contribution in [0.25, 0.3) is 28.1 Å². The second-order valence-electron chi connectivity index (χ2n) is 11.1. The number of benzene rings is 1. The van der Waals surface area contributed by atoms with Gasteiger partial charge >= 0.3 is 5.97 Å². The Morgan fingerprint density at radius 1 is 1.00 bits per heavy atom. The number of amides is 2. The summed E-state index contributed by atoms with van der Waals surface area (Å²) in [5, 5.41) is 3.44. The summed E-state index contributed by atoms with van der Waals surface area (Å²) in [7, 11) is 7.95. The lowest BCUT2D eigenvalue weighted by Crippen LogP contribution is -2.27. The van der Waals surface area contributed by atoms with Gasteiger partial charge in [-0.05, 0) is 53.1 Å². The highest BCUT2D eigenvalue weighted by molar-refractivity contribution is 6.50. The van der Waals surface area contributed by atoms with E-state index in [0.717, 1.165) is 41.5 Å². The first-order valence-electron chi connectivity index (χ1n) is 13.7. The molecule has 210 valence electrons. The third-order valence-corrected chi connectivity index (χ3v) is 7.66. The van der Waals surface area contributed by atoms with Crippen LogP contribution >= 0.6 is 0 Å². The lowest BCUT2D eigenvalue weighted by atomic mass is 9.82. The molecule has 0 saturated heterocycles. The molecule has 1 aliphatic carbocycles. The molecule has 5 rings (SSSR count). The fourth-order valence-corrected chi connectivity index (χ4v) is 5.62. The number of hydrogen-bond donors (Lipinski definition) is 2. The van der Waals surface area contributed by atoms with Gasteiger partial charge in [0.15, 0.2) is 0 Å². The summed E-state index contributed by atoms with van der Waals surface area (Å²) in [4.78, 5) is 47.1. The summed E-state index contributed by atoms with van der Waals surface area (Å²) < 4.78 is 7.75. The van der Waals surface area contributed by atoms with E-state index in [9.17, 15) is 14.4 Å². The maximum Gasteiger partial charge on any atom is 0.315 e. The van der Waals surface area contributed by atoms with Crippen molar-refractivity contribution in [1.29, 1.82) is 0 Å². The summed E-state index contributed by atoms with van der Waals surface area (Å²) in [5.41, 5.74) is 4.45. The average Bonchev–Trinajstić information content (AvgIpc) is 3.56. The van der Waals surface area contributed by atoms with Crippen molar-refractivity contribution in [2.75, 3.05) is 47.9 Å². The molecule has 0 saturated carbocycles. The fraction of sp³-hybridized carbons (Fsp3) is 0.387. The molecule has 0 radical (unpaired) electrons. The molecule has 2 unspecified atom stereocenters. The zero-order valence-electron chi connectivity index (χ0n) is 23.8. The molecule has 2 amide bonds. The molecule has 0 fully saturated rings. The third kappa shape index (κ3) is 5.14. The SMILES string of the molecule is CC1C=Cc2c(C3=C(c4cn(CCCN(C)C)c5ccccc45)C(=O)NC3=O)c[nH]c2C1C(=O)OCCN(C)C. The van der Waals surface area contributed by atoms with Crippen LogP contribution in [0.3, 0.4) is 0 Å². The highest BCUT2D eigenvalue weighted by Crippen LogP contribution is 2.42. The Balaban J connectivity index is 1.57. The van der Waals surface area contributed by atoms with Gasteiger partial charge in [0.1, 0.15) is 12.5 Å². The van der Waals surface area contributed by atoms with E-state index in [1.54, 1.807) is 6.20 Å². The molecule has 2 aliphatic rings. The second kappa shape index (κ2) is 11.3. The number of fused-ring (bicyclic) bond motifs is 2. The molecular weight excluding hydrogens is 506 g/mol. The highest BCUT2D eigenvalue weighted by atomic mass is 16.5. The number of aromatic amines is 1. The van der Waals surface area contributed by atoms with Crippen molar-refractivity contribution in [2.45, 2.75) is 25.8 Å². The summed E-state index contributed by atoms with van der Waals surface area (Å²) in [5.74, 6) is -1.78. The Morgan fingerprint density at radius 3 is 2.42 bits per heavy atom. The largest absolute Gasteiger partial charge is 0.464 e. The van der Waals surface area contributed by atoms with Crippen LogP contribution in [0.4, 0.5) is 0 Å². The van der Waals surface area contributed by atoms with Gasteiger partial charge in [-0.15, -0.1) is 0 Å². The predicted octanol–water partition coefficient (Wildman–Crippen LogP) is 3.34. The Hall–Kier alpha value is -3.95. The van der Waals surface area contributed by atoms with Crippen LogP contribution in [0.2, 0.25) is 0 Å². The Morgan fingerprint density at radius 2 is 1.70 bits per heavy atom. The number of allylic oxidation sites excluding steroid dienone is 1. The number of rotatable bonds is 10. The zero-order valence-corrected chi connectivity index (χ0v) is 23.8. The molecule has 1 aromatic carbocycles. The van der Waals surface area contributed by atoms with Crippen molar-refractivity contribution < 1.29 is 19.1 Å². The van der Waals surface area contributed by atoms with Crippen molar-refractivity contribution in [3.63, 3.8) is 0 Å². The van der Waals surface area contributed by atoms with Crippen LogP contribution in [0.15, 0.2) is 42.7 Å². The zero-order chi connectivity index (χ0) is 28.6. The lowest BCUT2D eigenvalue weighted by Gasteiger charge is -2.24. The van der Waals surface area contributed by atoms with Crippen molar-refractivity contribution in [2.24, 2.45) is 5.92 Å². The quantitative estimate of drug-likeness (QED) is 0.301. The minimum atomic E-state index is -0.529. The van der Waals surface area contributed by atoms with Crippen LogP contribution in [-0.4, -0.2) is 85.0 Å². The molecule has 9 heteroatoms. The number of aromatic nitrogens is 2. The van der Waals surface area contributed by atoms with Gasteiger partial charge in [-0.25, -0.2) is 0 Å². The smallest absolute Gasteiger partial charge is 0.315 e. The van der Waals surface area contributed by atoms with E-state index in [1.807, 2.05) is 82.6 Å². The number of imide groups is 1. The van der Waals surface area contributed by atoms with Gasteiger partial charge in [-0.2, -0.15) is 0 Å². The van der Waals surface area contributed by atoms with Crippen LogP contribution in [-0.2, 0) is 25.7 Å². The number of ether oxygens (including phenoxy) is 1. The molecule has 2 aromatic heterocycles. The Kier molecular flexibility index (Phi) is 7.78. The van der Waals surface area contributed by atoms with Gasteiger partial charge in [-0.1, -0.05) is 37.3 Å².